The van der Waals surface area contributed by atoms with Gasteiger partial charge in [-0.15, -0.1) is 11.3 Å². The Morgan fingerprint density at radius 3 is 2.57 bits per heavy atom. The van der Waals surface area contributed by atoms with E-state index in [2.05, 4.69) is 32.1 Å². The second-order valence-electron chi connectivity index (χ2n) is 6.27. The van der Waals surface area contributed by atoms with E-state index >= 15 is 0 Å². The maximum Gasteiger partial charge on any atom is 0.211 e. The van der Waals surface area contributed by atoms with Crippen LogP contribution in [0.3, 0.4) is 0 Å². The molecular formula is C23H14BrFN4S. The molecule has 0 aliphatic rings. The molecule has 4 nitrogen and oxygen atoms in total. The summed E-state index contributed by atoms with van der Waals surface area (Å²) in [5, 5.41) is 15.5. The lowest BCUT2D eigenvalue weighted by atomic mass is 10.2. The molecule has 0 radical (unpaired) electrons. The van der Waals surface area contributed by atoms with Crippen molar-refractivity contribution in [2.24, 2.45) is 10.1 Å². The van der Waals surface area contributed by atoms with Crippen LogP contribution in [0.5, 0.6) is 0 Å². The van der Waals surface area contributed by atoms with Crippen molar-refractivity contribution in [1.82, 2.24) is 4.68 Å². The molecule has 0 aliphatic heterocycles. The maximum atomic E-state index is 14.1. The molecule has 146 valence electrons. The number of rotatable bonds is 4. The molecule has 7 heteroatoms. The number of halogens is 2. The normalized spacial score (nSPS) is 11.7. The number of nitrogens with zero attached hydrogens (tertiary/aromatic N) is 4. The summed E-state index contributed by atoms with van der Waals surface area (Å²) >= 11 is 4.88. The number of nitriles is 1. The Bertz CT molecular complexity index is 1330. The summed E-state index contributed by atoms with van der Waals surface area (Å²) in [6, 6.07) is 23.5. The minimum absolute atomic E-state index is 0.252. The molecule has 3 aromatic carbocycles. The number of hydrogen-bond donors (Lipinski definition) is 0. The first kappa shape index (κ1) is 20.0. The Balaban J connectivity index is 1.84. The van der Waals surface area contributed by atoms with Crippen LogP contribution in [0.15, 0.2) is 92.7 Å². The predicted molar refractivity (Wildman–Crippen MR) is 121 cm³/mol. The zero-order valence-corrected chi connectivity index (χ0v) is 17.9. The van der Waals surface area contributed by atoms with Crippen molar-refractivity contribution in [2.45, 2.75) is 0 Å². The lowest BCUT2D eigenvalue weighted by Gasteiger charge is -2.04. The van der Waals surface area contributed by atoms with Gasteiger partial charge < -0.3 is 0 Å². The van der Waals surface area contributed by atoms with Crippen molar-refractivity contribution in [3.63, 3.8) is 0 Å². The summed E-state index contributed by atoms with van der Waals surface area (Å²) < 4.78 is 16.8. The highest BCUT2D eigenvalue weighted by Gasteiger charge is 2.09. The van der Waals surface area contributed by atoms with E-state index in [1.165, 1.54) is 17.4 Å². The van der Waals surface area contributed by atoms with Gasteiger partial charge in [-0.1, -0.05) is 52.3 Å². The van der Waals surface area contributed by atoms with E-state index < -0.39 is 5.82 Å². The first-order valence-electron chi connectivity index (χ1n) is 8.94. The highest BCUT2D eigenvalue weighted by Crippen LogP contribution is 2.24. The third-order valence-electron chi connectivity index (χ3n) is 4.24. The van der Waals surface area contributed by atoms with Gasteiger partial charge in [0.05, 0.1) is 23.5 Å². The Morgan fingerprint density at radius 2 is 1.83 bits per heavy atom. The number of aromatic nitrogens is 1. The molecule has 0 N–H and O–H groups in total. The number of thiazole rings is 1. The summed E-state index contributed by atoms with van der Waals surface area (Å²) in [4.78, 5) is 5.03. The number of para-hydroxylation sites is 1. The van der Waals surface area contributed by atoms with E-state index in [0.717, 1.165) is 21.3 Å². The van der Waals surface area contributed by atoms with E-state index in [-0.39, 0.29) is 5.69 Å². The molecule has 0 fully saturated rings. The molecule has 0 amide bonds. The van der Waals surface area contributed by atoms with Crippen molar-refractivity contribution in [3.8, 4) is 17.3 Å². The van der Waals surface area contributed by atoms with Crippen molar-refractivity contribution >= 4 is 39.2 Å². The van der Waals surface area contributed by atoms with E-state index in [9.17, 15) is 4.39 Å². The average Bonchev–Trinajstić information content (AvgIpc) is 3.16. The van der Waals surface area contributed by atoms with E-state index in [0.29, 0.717) is 10.4 Å². The molecule has 1 heterocycles. The van der Waals surface area contributed by atoms with Crippen LogP contribution in [0.25, 0.3) is 11.3 Å². The second kappa shape index (κ2) is 8.99. The molecule has 0 saturated carbocycles. The SMILES string of the molecule is N#Cc1ccc(C=Nn2c(-c3cccc(Br)c3)csc2=Nc2ccccc2F)cc1. The van der Waals surface area contributed by atoms with Gasteiger partial charge >= 0.3 is 0 Å². The van der Waals surface area contributed by atoms with Gasteiger partial charge in [0, 0.05) is 15.4 Å². The summed E-state index contributed by atoms with van der Waals surface area (Å²) in [5.74, 6) is -0.391. The molecule has 0 unspecified atom stereocenters. The highest BCUT2D eigenvalue weighted by atomic mass is 79.9. The minimum atomic E-state index is -0.391. The van der Waals surface area contributed by atoms with Crippen LogP contribution in [0.2, 0.25) is 0 Å². The van der Waals surface area contributed by atoms with Crippen molar-refractivity contribution in [2.75, 3.05) is 0 Å². The Morgan fingerprint density at radius 1 is 1.03 bits per heavy atom. The van der Waals surface area contributed by atoms with Crippen molar-refractivity contribution in [3.05, 3.63) is 104 Å². The van der Waals surface area contributed by atoms with Crippen LogP contribution in [-0.2, 0) is 0 Å². The molecule has 0 saturated heterocycles. The Kier molecular flexibility index (Phi) is 5.98. The molecular weight excluding hydrogens is 463 g/mol. The van der Waals surface area contributed by atoms with Crippen LogP contribution in [0.1, 0.15) is 11.1 Å². The smallest absolute Gasteiger partial charge is 0.211 e. The lowest BCUT2D eigenvalue weighted by molar-refractivity contribution is 0.628. The third-order valence-corrected chi connectivity index (χ3v) is 5.55. The van der Waals surface area contributed by atoms with Crippen molar-refractivity contribution in [1.29, 1.82) is 5.26 Å². The van der Waals surface area contributed by atoms with Gasteiger partial charge in [-0.3, -0.25) is 0 Å². The van der Waals surface area contributed by atoms with Gasteiger partial charge in [-0.2, -0.15) is 10.4 Å². The minimum Gasteiger partial charge on any atom is -0.217 e. The van der Waals surface area contributed by atoms with Gasteiger partial charge in [0.15, 0.2) is 0 Å². The maximum absolute atomic E-state index is 14.1. The van der Waals surface area contributed by atoms with Crippen LogP contribution < -0.4 is 4.80 Å². The van der Waals surface area contributed by atoms with Crippen molar-refractivity contribution < 1.29 is 4.39 Å². The monoisotopic (exact) mass is 476 g/mol. The lowest BCUT2D eigenvalue weighted by Crippen LogP contribution is -2.11. The quantitative estimate of drug-likeness (QED) is 0.328. The highest BCUT2D eigenvalue weighted by molar-refractivity contribution is 9.10. The molecule has 0 atom stereocenters. The second-order valence-corrected chi connectivity index (χ2v) is 8.02. The molecule has 0 spiro atoms. The summed E-state index contributed by atoms with van der Waals surface area (Å²) in [5.41, 5.74) is 3.46. The molecule has 4 aromatic rings. The van der Waals surface area contributed by atoms with E-state index in [1.54, 1.807) is 41.2 Å². The van der Waals surface area contributed by atoms with Crippen LogP contribution in [0, 0.1) is 17.1 Å². The van der Waals surface area contributed by atoms with Gasteiger partial charge in [0.1, 0.15) is 11.5 Å². The third kappa shape index (κ3) is 4.46. The topological polar surface area (TPSA) is 53.4 Å². The van der Waals surface area contributed by atoms with Gasteiger partial charge in [0.25, 0.3) is 0 Å². The summed E-state index contributed by atoms with van der Waals surface area (Å²) in [7, 11) is 0. The summed E-state index contributed by atoms with van der Waals surface area (Å²) in [6.45, 7) is 0. The fraction of sp³-hybridized carbons (Fsp3) is 0. The van der Waals surface area contributed by atoms with E-state index in [1.807, 2.05) is 41.8 Å². The molecule has 4 rings (SSSR count). The fourth-order valence-electron chi connectivity index (χ4n) is 2.75. The molecule has 1 aromatic heterocycles. The Hall–Kier alpha value is -3.34. The molecule has 0 aliphatic carbocycles. The fourth-order valence-corrected chi connectivity index (χ4v) is 4.00. The number of hydrogen-bond acceptors (Lipinski definition) is 4. The molecule has 0 bridgehead atoms. The largest absolute Gasteiger partial charge is 0.217 e. The predicted octanol–water partition coefficient (Wildman–Crippen LogP) is 6.10. The molecule has 30 heavy (non-hydrogen) atoms. The standard InChI is InChI=1S/C23H14BrFN4S/c24-19-5-3-4-18(12-19)22-15-30-23(28-21-7-2-1-6-20(21)25)29(22)27-14-17-10-8-16(13-26)9-11-17/h1-12,14-15H. The number of benzene rings is 3. The van der Waals surface area contributed by atoms with Gasteiger partial charge in [-0.05, 0) is 42.0 Å². The first-order chi connectivity index (χ1) is 14.6. The van der Waals surface area contributed by atoms with E-state index in [4.69, 9.17) is 5.26 Å². The Labute approximate surface area is 185 Å². The van der Waals surface area contributed by atoms with Gasteiger partial charge in [0.2, 0.25) is 4.80 Å². The zero-order chi connectivity index (χ0) is 20.9. The first-order valence-corrected chi connectivity index (χ1v) is 10.6. The van der Waals surface area contributed by atoms with Gasteiger partial charge in [-0.25, -0.2) is 14.1 Å². The van der Waals surface area contributed by atoms with Crippen LogP contribution >= 0.6 is 27.3 Å². The van der Waals surface area contributed by atoms with Crippen LogP contribution in [-0.4, -0.2) is 10.9 Å². The summed E-state index contributed by atoms with van der Waals surface area (Å²) in [6.07, 6.45) is 1.69. The average molecular weight is 477 g/mol. The zero-order valence-electron chi connectivity index (χ0n) is 15.5. The van der Waals surface area contributed by atoms with Crippen LogP contribution in [0.4, 0.5) is 10.1 Å².